The summed E-state index contributed by atoms with van der Waals surface area (Å²) in [5.74, 6) is 0.703. The summed E-state index contributed by atoms with van der Waals surface area (Å²) in [5, 5.41) is 6.12. The van der Waals surface area contributed by atoms with Gasteiger partial charge in [-0.15, -0.1) is 11.3 Å². The summed E-state index contributed by atoms with van der Waals surface area (Å²) >= 11 is 1.36. The number of amides is 1. The standard InChI is InChI=1S/C11H12N4O2S/c1-7-4-3-5-8(14-7)15-11(16)17-9-10(12-2)18-6-13-9/h3-6,12H,1-2H3,(H,14,15,16). The lowest BCUT2D eigenvalue weighted by atomic mass is 10.4. The van der Waals surface area contributed by atoms with E-state index < -0.39 is 6.09 Å². The SMILES string of the molecule is CNc1scnc1OC(=O)Nc1cccc(C)n1. The molecule has 0 saturated heterocycles. The van der Waals surface area contributed by atoms with E-state index in [1.165, 1.54) is 11.3 Å². The van der Waals surface area contributed by atoms with Crippen LogP contribution in [0.15, 0.2) is 23.7 Å². The summed E-state index contributed by atoms with van der Waals surface area (Å²) < 4.78 is 5.07. The lowest BCUT2D eigenvalue weighted by molar-refractivity contribution is 0.214. The van der Waals surface area contributed by atoms with Gasteiger partial charge in [0.2, 0.25) is 0 Å². The first-order valence-corrected chi connectivity index (χ1v) is 6.10. The van der Waals surface area contributed by atoms with E-state index in [4.69, 9.17) is 4.74 Å². The Labute approximate surface area is 108 Å². The van der Waals surface area contributed by atoms with Crippen LogP contribution in [-0.2, 0) is 0 Å². The number of aromatic nitrogens is 2. The smallest absolute Gasteiger partial charge is 0.388 e. The molecule has 0 bridgehead atoms. The molecule has 0 aliphatic carbocycles. The number of nitrogens with zero attached hydrogens (tertiary/aromatic N) is 2. The zero-order valence-electron chi connectivity index (χ0n) is 9.93. The first-order chi connectivity index (χ1) is 8.69. The van der Waals surface area contributed by atoms with Crippen molar-refractivity contribution < 1.29 is 9.53 Å². The van der Waals surface area contributed by atoms with Gasteiger partial charge in [0.1, 0.15) is 5.82 Å². The molecule has 0 unspecified atom stereocenters. The van der Waals surface area contributed by atoms with Crippen molar-refractivity contribution in [3.8, 4) is 5.88 Å². The van der Waals surface area contributed by atoms with Crippen molar-refractivity contribution in [3.63, 3.8) is 0 Å². The third-order valence-electron chi connectivity index (χ3n) is 2.07. The number of hydrogen-bond donors (Lipinski definition) is 2. The molecule has 6 nitrogen and oxygen atoms in total. The van der Waals surface area contributed by atoms with Crippen molar-refractivity contribution in [1.82, 2.24) is 9.97 Å². The van der Waals surface area contributed by atoms with E-state index in [9.17, 15) is 4.79 Å². The zero-order chi connectivity index (χ0) is 13.0. The van der Waals surface area contributed by atoms with Crippen LogP contribution < -0.4 is 15.4 Å². The molecule has 18 heavy (non-hydrogen) atoms. The Kier molecular flexibility index (Phi) is 3.73. The largest absolute Gasteiger partial charge is 0.419 e. The van der Waals surface area contributed by atoms with Crippen LogP contribution >= 0.6 is 11.3 Å². The third-order valence-corrected chi connectivity index (χ3v) is 2.89. The van der Waals surface area contributed by atoms with E-state index in [2.05, 4.69) is 20.6 Å². The highest BCUT2D eigenvalue weighted by Gasteiger charge is 2.11. The average molecular weight is 264 g/mol. The minimum Gasteiger partial charge on any atom is -0.388 e. The molecule has 0 atom stereocenters. The maximum Gasteiger partial charge on any atom is 0.419 e. The molecule has 0 spiro atoms. The Balaban J connectivity index is 2.01. The number of carbonyl (C=O) groups is 1. The van der Waals surface area contributed by atoms with Crippen molar-refractivity contribution in [2.75, 3.05) is 17.7 Å². The van der Waals surface area contributed by atoms with Crippen molar-refractivity contribution in [2.45, 2.75) is 6.92 Å². The summed E-state index contributed by atoms with van der Waals surface area (Å²) in [6.45, 7) is 1.84. The van der Waals surface area contributed by atoms with Crippen LogP contribution in [0.4, 0.5) is 15.6 Å². The first kappa shape index (κ1) is 12.3. The van der Waals surface area contributed by atoms with Crippen molar-refractivity contribution in [2.24, 2.45) is 0 Å². The number of aryl methyl sites for hydroxylation is 1. The molecular formula is C11H12N4O2S. The number of hydrogen-bond acceptors (Lipinski definition) is 6. The van der Waals surface area contributed by atoms with Crippen LogP contribution in [0.2, 0.25) is 0 Å². The van der Waals surface area contributed by atoms with Crippen LogP contribution in [-0.4, -0.2) is 23.1 Å². The average Bonchev–Trinajstić information content (AvgIpc) is 2.76. The number of thiazole rings is 1. The molecule has 0 aliphatic heterocycles. The summed E-state index contributed by atoms with van der Waals surface area (Å²) in [5.41, 5.74) is 2.41. The molecule has 2 rings (SSSR count). The molecule has 2 heterocycles. The van der Waals surface area contributed by atoms with E-state index in [0.717, 1.165) is 5.69 Å². The van der Waals surface area contributed by atoms with Crippen LogP contribution in [0.3, 0.4) is 0 Å². The highest BCUT2D eigenvalue weighted by molar-refractivity contribution is 7.14. The van der Waals surface area contributed by atoms with Crippen LogP contribution in [0.1, 0.15) is 5.69 Å². The Hall–Kier alpha value is -2.15. The summed E-state index contributed by atoms with van der Waals surface area (Å²) in [6.07, 6.45) is -0.615. The molecule has 0 fully saturated rings. The van der Waals surface area contributed by atoms with Gasteiger partial charge in [-0.1, -0.05) is 6.07 Å². The van der Waals surface area contributed by atoms with Gasteiger partial charge >= 0.3 is 6.09 Å². The molecule has 0 aromatic carbocycles. The number of rotatable bonds is 3. The first-order valence-electron chi connectivity index (χ1n) is 5.23. The minimum atomic E-state index is -0.615. The van der Waals surface area contributed by atoms with Crippen molar-refractivity contribution in [3.05, 3.63) is 29.4 Å². The highest BCUT2D eigenvalue weighted by atomic mass is 32.1. The van der Waals surface area contributed by atoms with E-state index in [1.807, 2.05) is 13.0 Å². The molecule has 2 aromatic heterocycles. The van der Waals surface area contributed by atoms with E-state index in [0.29, 0.717) is 10.8 Å². The summed E-state index contributed by atoms with van der Waals surface area (Å²) in [7, 11) is 1.74. The van der Waals surface area contributed by atoms with Crippen LogP contribution in [0.25, 0.3) is 0 Å². The van der Waals surface area contributed by atoms with Crippen LogP contribution in [0.5, 0.6) is 5.88 Å². The maximum atomic E-state index is 11.6. The Morgan fingerprint density at radius 2 is 2.28 bits per heavy atom. The molecule has 7 heteroatoms. The molecule has 0 radical (unpaired) electrons. The van der Waals surface area contributed by atoms with Gasteiger partial charge in [-0.3, -0.25) is 5.32 Å². The number of carbonyl (C=O) groups excluding carboxylic acids is 1. The normalized spacial score (nSPS) is 9.89. The zero-order valence-corrected chi connectivity index (χ0v) is 10.7. The minimum absolute atomic E-state index is 0.257. The quantitative estimate of drug-likeness (QED) is 0.890. The van der Waals surface area contributed by atoms with Gasteiger partial charge in [0.15, 0.2) is 5.00 Å². The molecule has 0 aliphatic rings. The van der Waals surface area contributed by atoms with Gasteiger partial charge < -0.3 is 10.1 Å². The molecule has 94 valence electrons. The summed E-state index contributed by atoms with van der Waals surface area (Å²) in [4.78, 5) is 19.7. The van der Waals surface area contributed by atoms with E-state index in [1.54, 1.807) is 24.7 Å². The van der Waals surface area contributed by atoms with E-state index in [-0.39, 0.29) is 5.88 Å². The molecule has 1 amide bonds. The summed E-state index contributed by atoms with van der Waals surface area (Å²) in [6, 6.07) is 5.34. The predicted octanol–water partition coefficient (Wildman–Crippen LogP) is 2.50. The van der Waals surface area contributed by atoms with E-state index >= 15 is 0 Å². The van der Waals surface area contributed by atoms with Crippen molar-refractivity contribution >= 4 is 28.2 Å². The van der Waals surface area contributed by atoms with Crippen molar-refractivity contribution in [1.29, 1.82) is 0 Å². The lowest BCUT2D eigenvalue weighted by Gasteiger charge is -2.05. The highest BCUT2D eigenvalue weighted by Crippen LogP contribution is 2.26. The van der Waals surface area contributed by atoms with Gasteiger partial charge in [-0.05, 0) is 19.1 Å². The maximum absolute atomic E-state index is 11.6. The van der Waals surface area contributed by atoms with Gasteiger partial charge in [0.05, 0.1) is 5.51 Å². The predicted molar refractivity (Wildman–Crippen MR) is 70.3 cm³/mol. The number of ether oxygens (including phenoxy) is 1. The number of anilines is 2. The fourth-order valence-corrected chi connectivity index (χ4v) is 1.87. The lowest BCUT2D eigenvalue weighted by Crippen LogP contribution is -2.18. The Bertz CT molecular complexity index is 555. The second-order valence-electron chi connectivity index (χ2n) is 3.42. The molecular weight excluding hydrogens is 252 g/mol. The molecule has 2 N–H and O–H groups in total. The third kappa shape index (κ3) is 2.95. The topological polar surface area (TPSA) is 76.1 Å². The number of nitrogens with one attached hydrogen (secondary N) is 2. The van der Waals surface area contributed by atoms with Gasteiger partial charge in [0, 0.05) is 12.7 Å². The Morgan fingerprint density at radius 3 is 3.00 bits per heavy atom. The molecule has 2 aromatic rings. The molecule has 0 saturated carbocycles. The van der Waals surface area contributed by atoms with Gasteiger partial charge in [-0.25, -0.2) is 14.8 Å². The fourth-order valence-electron chi connectivity index (χ4n) is 1.31. The van der Waals surface area contributed by atoms with Gasteiger partial charge in [0.25, 0.3) is 5.88 Å². The number of pyridine rings is 1. The second-order valence-corrected chi connectivity index (χ2v) is 4.27. The monoisotopic (exact) mass is 264 g/mol. The van der Waals surface area contributed by atoms with Gasteiger partial charge in [-0.2, -0.15) is 0 Å². The van der Waals surface area contributed by atoms with Crippen LogP contribution in [0, 0.1) is 6.92 Å². The second kappa shape index (κ2) is 5.46. The fraction of sp³-hybridized carbons (Fsp3) is 0.182. The Morgan fingerprint density at radius 1 is 1.44 bits per heavy atom.